The molecular formula is C11H16N2OS. The van der Waals surface area contributed by atoms with Crippen LogP contribution in [0.25, 0.3) is 0 Å². The minimum atomic E-state index is -0.0816. The van der Waals surface area contributed by atoms with Gasteiger partial charge < -0.3 is 0 Å². The van der Waals surface area contributed by atoms with Crippen LogP contribution in [0.4, 0.5) is 0 Å². The minimum absolute atomic E-state index is 0.0816. The molecule has 1 aliphatic rings. The molecule has 3 nitrogen and oxygen atoms in total. The van der Waals surface area contributed by atoms with E-state index in [4.69, 9.17) is 0 Å². The van der Waals surface area contributed by atoms with Gasteiger partial charge in [-0.15, -0.1) is 5.10 Å². The summed E-state index contributed by atoms with van der Waals surface area (Å²) in [6, 6.07) is 0. The van der Waals surface area contributed by atoms with E-state index in [-0.39, 0.29) is 17.1 Å². The average Bonchev–Trinajstić information content (AvgIpc) is 2.45. The first kappa shape index (κ1) is 10.7. The maximum absolute atomic E-state index is 12.1. The summed E-state index contributed by atoms with van der Waals surface area (Å²) in [7, 11) is 0. The summed E-state index contributed by atoms with van der Waals surface area (Å²) >= 11 is 1.25. The van der Waals surface area contributed by atoms with Gasteiger partial charge in [-0.05, 0) is 24.4 Å². The zero-order chi connectivity index (χ0) is 11.1. The number of hydrogen-bond acceptors (Lipinski definition) is 4. The fourth-order valence-corrected chi connectivity index (χ4v) is 2.59. The molecule has 0 amide bonds. The van der Waals surface area contributed by atoms with Crippen LogP contribution in [0.5, 0.6) is 0 Å². The van der Waals surface area contributed by atoms with Crippen LogP contribution < -0.4 is 0 Å². The van der Waals surface area contributed by atoms with Crippen LogP contribution in [-0.2, 0) is 5.41 Å². The van der Waals surface area contributed by atoms with Crippen molar-refractivity contribution >= 4 is 17.3 Å². The molecule has 0 spiro atoms. The maximum atomic E-state index is 12.1. The zero-order valence-electron chi connectivity index (χ0n) is 9.41. The highest BCUT2D eigenvalue weighted by Gasteiger charge is 2.32. The molecular weight excluding hydrogens is 208 g/mol. The van der Waals surface area contributed by atoms with Crippen LogP contribution in [0, 0.1) is 5.92 Å². The van der Waals surface area contributed by atoms with Gasteiger partial charge in [-0.3, -0.25) is 4.79 Å². The standard InChI is InChI=1S/C11H16N2OS/c1-11(2,3)10-9(15-13-12-10)8(14)7-5-4-6-7/h7H,4-6H2,1-3H3. The molecule has 1 heterocycles. The van der Waals surface area contributed by atoms with Crippen LogP contribution in [0.1, 0.15) is 55.4 Å². The van der Waals surface area contributed by atoms with Crippen LogP contribution in [0.3, 0.4) is 0 Å². The summed E-state index contributed by atoms with van der Waals surface area (Å²) in [6.45, 7) is 6.21. The van der Waals surface area contributed by atoms with E-state index in [1.807, 2.05) is 0 Å². The van der Waals surface area contributed by atoms with E-state index >= 15 is 0 Å². The van der Waals surface area contributed by atoms with Crippen molar-refractivity contribution in [3.8, 4) is 0 Å². The van der Waals surface area contributed by atoms with Crippen molar-refractivity contribution in [3.63, 3.8) is 0 Å². The lowest BCUT2D eigenvalue weighted by Crippen LogP contribution is -2.24. The number of Topliss-reactive ketones (excluding diaryl/α,β-unsaturated/α-hetero) is 1. The zero-order valence-corrected chi connectivity index (χ0v) is 10.2. The Hall–Kier alpha value is -0.770. The van der Waals surface area contributed by atoms with Gasteiger partial charge in [0, 0.05) is 11.3 Å². The van der Waals surface area contributed by atoms with E-state index < -0.39 is 0 Å². The Morgan fingerprint density at radius 2 is 2.07 bits per heavy atom. The molecule has 0 unspecified atom stereocenters. The van der Waals surface area contributed by atoms with Crippen molar-refractivity contribution in [1.29, 1.82) is 0 Å². The lowest BCUT2D eigenvalue weighted by atomic mass is 9.80. The Morgan fingerprint density at radius 1 is 1.40 bits per heavy atom. The number of nitrogens with zero attached hydrogens (tertiary/aromatic N) is 2. The first-order valence-corrected chi connectivity index (χ1v) is 6.14. The van der Waals surface area contributed by atoms with E-state index in [1.165, 1.54) is 18.0 Å². The Balaban J connectivity index is 2.28. The molecule has 0 saturated heterocycles. The normalized spacial score (nSPS) is 17.5. The monoisotopic (exact) mass is 224 g/mol. The summed E-state index contributed by atoms with van der Waals surface area (Å²) in [5.74, 6) is 0.509. The predicted octanol–water partition coefficient (Wildman–Crippen LogP) is 2.82. The highest BCUT2D eigenvalue weighted by molar-refractivity contribution is 7.08. The van der Waals surface area contributed by atoms with Gasteiger partial charge in [-0.1, -0.05) is 31.7 Å². The molecule has 0 aliphatic heterocycles. The second-order valence-corrected chi connectivity index (χ2v) is 5.95. The van der Waals surface area contributed by atoms with Crippen molar-refractivity contribution < 1.29 is 4.79 Å². The SMILES string of the molecule is CC(C)(C)c1nnsc1C(=O)C1CCC1. The number of ketones is 1. The lowest BCUT2D eigenvalue weighted by molar-refractivity contribution is 0.0857. The molecule has 2 rings (SSSR count). The molecule has 82 valence electrons. The van der Waals surface area contributed by atoms with Gasteiger partial charge >= 0.3 is 0 Å². The van der Waals surface area contributed by atoms with Gasteiger partial charge in [0.25, 0.3) is 0 Å². The maximum Gasteiger partial charge on any atom is 0.179 e. The second kappa shape index (κ2) is 3.67. The van der Waals surface area contributed by atoms with Crippen molar-refractivity contribution in [3.05, 3.63) is 10.6 Å². The predicted molar refractivity (Wildman–Crippen MR) is 60.3 cm³/mol. The summed E-state index contributed by atoms with van der Waals surface area (Å²) in [4.78, 5) is 12.9. The third kappa shape index (κ3) is 1.95. The van der Waals surface area contributed by atoms with E-state index in [0.717, 1.165) is 23.4 Å². The minimum Gasteiger partial charge on any atom is -0.293 e. The number of rotatable bonds is 2. The van der Waals surface area contributed by atoms with Crippen LogP contribution in [0.15, 0.2) is 0 Å². The van der Waals surface area contributed by atoms with Gasteiger partial charge in [0.2, 0.25) is 0 Å². The van der Waals surface area contributed by atoms with Gasteiger partial charge in [-0.2, -0.15) is 0 Å². The number of aromatic nitrogens is 2. The number of carbonyl (C=O) groups is 1. The molecule has 1 saturated carbocycles. The quantitative estimate of drug-likeness (QED) is 0.725. The Morgan fingerprint density at radius 3 is 2.53 bits per heavy atom. The van der Waals surface area contributed by atoms with Crippen molar-refractivity contribution in [1.82, 2.24) is 9.59 Å². The summed E-state index contributed by atoms with van der Waals surface area (Å²) in [6.07, 6.45) is 3.27. The molecule has 0 aromatic carbocycles. The largest absolute Gasteiger partial charge is 0.293 e. The molecule has 0 bridgehead atoms. The van der Waals surface area contributed by atoms with Gasteiger partial charge in [0.1, 0.15) is 4.88 Å². The third-order valence-corrected chi connectivity index (χ3v) is 3.64. The van der Waals surface area contributed by atoms with E-state index in [1.54, 1.807) is 0 Å². The smallest absolute Gasteiger partial charge is 0.179 e. The topological polar surface area (TPSA) is 42.9 Å². The van der Waals surface area contributed by atoms with E-state index in [0.29, 0.717) is 0 Å². The first-order valence-electron chi connectivity index (χ1n) is 5.37. The van der Waals surface area contributed by atoms with Crippen molar-refractivity contribution in [2.24, 2.45) is 5.92 Å². The third-order valence-electron chi connectivity index (χ3n) is 2.90. The average molecular weight is 224 g/mol. The fourth-order valence-electron chi connectivity index (χ4n) is 1.70. The molecule has 1 aromatic heterocycles. The Bertz CT molecular complexity index is 374. The van der Waals surface area contributed by atoms with Crippen LogP contribution in [-0.4, -0.2) is 15.4 Å². The van der Waals surface area contributed by atoms with Crippen LogP contribution in [0.2, 0.25) is 0 Å². The molecule has 15 heavy (non-hydrogen) atoms. The van der Waals surface area contributed by atoms with Crippen molar-refractivity contribution in [2.45, 2.75) is 45.4 Å². The summed E-state index contributed by atoms with van der Waals surface area (Å²) in [5.41, 5.74) is 0.784. The second-order valence-electron chi connectivity index (χ2n) is 5.19. The van der Waals surface area contributed by atoms with E-state index in [2.05, 4.69) is 30.4 Å². The fraction of sp³-hybridized carbons (Fsp3) is 0.727. The van der Waals surface area contributed by atoms with Crippen LogP contribution >= 0.6 is 11.5 Å². The van der Waals surface area contributed by atoms with E-state index in [9.17, 15) is 4.79 Å². The first-order chi connectivity index (χ1) is 7.00. The lowest BCUT2D eigenvalue weighted by Gasteiger charge is -2.24. The summed E-state index contributed by atoms with van der Waals surface area (Å²) < 4.78 is 3.92. The molecule has 4 heteroatoms. The van der Waals surface area contributed by atoms with Gasteiger partial charge in [0.15, 0.2) is 5.78 Å². The molecule has 0 atom stereocenters. The Labute approximate surface area is 94.1 Å². The molecule has 0 N–H and O–H groups in total. The molecule has 0 radical (unpaired) electrons. The molecule has 1 aromatic rings. The number of hydrogen-bond donors (Lipinski definition) is 0. The molecule has 1 aliphatic carbocycles. The Kier molecular flexibility index (Phi) is 2.63. The summed E-state index contributed by atoms with van der Waals surface area (Å²) in [5, 5.41) is 4.10. The number of carbonyl (C=O) groups excluding carboxylic acids is 1. The van der Waals surface area contributed by atoms with Gasteiger partial charge in [-0.25, -0.2) is 0 Å². The van der Waals surface area contributed by atoms with Crippen molar-refractivity contribution in [2.75, 3.05) is 0 Å². The van der Waals surface area contributed by atoms with Gasteiger partial charge in [0.05, 0.1) is 5.69 Å². The molecule has 1 fully saturated rings. The highest BCUT2D eigenvalue weighted by Crippen LogP contribution is 2.34. The highest BCUT2D eigenvalue weighted by atomic mass is 32.1.